The van der Waals surface area contributed by atoms with Gasteiger partial charge in [-0.15, -0.1) is 0 Å². The highest BCUT2D eigenvalue weighted by Gasteiger charge is 2.44. The second-order valence-corrected chi connectivity index (χ2v) is 13.6. The maximum Gasteiger partial charge on any atom is 0.253 e. The first-order chi connectivity index (χ1) is 22.4. The van der Waals surface area contributed by atoms with Gasteiger partial charge < -0.3 is 25.8 Å². The van der Waals surface area contributed by atoms with Gasteiger partial charge in [0, 0.05) is 36.8 Å². The third-order valence-corrected chi connectivity index (χ3v) is 8.82. The van der Waals surface area contributed by atoms with E-state index in [2.05, 4.69) is 16.0 Å². The van der Waals surface area contributed by atoms with Crippen LogP contribution in [-0.4, -0.2) is 84.3 Å². The smallest absolute Gasteiger partial charge is 0.253 e. The summed E-state index contributed by atoms with van der Waals surface area (Å²) in [4.78, 5) is 58.3. The van der Waals surface area contributed by atoms with Crippen LogP contribution in [-0.2, 0) is 16.0 Å². The van der Waals surface area contributed by atoms with Crippen LogP contribution in [0.25, 0.3) is 0 Å². The Labute approximate surface area is 279 Å². The number of hydrogen-bond acceptors (Lipinski definition) is 5. The summed E-state index contributed by atoms with van der Waals surface area (Å²) in [5.74, 6) is -0.844. The van der Waals surface area contributed by atoms with E-state index < -0.39 is 23.5 Å². The molecule has 3 N–H and O–H groups in total. The molecule has 3 aromatic rings. The fraction of sp³-hybridized carbons (Fsp3) is 0.421. The third kappa shape index (κ3) is 9.51. The van der Waals surface area contributed by atoms with E-state index in [1.54, 1.807) is 43.1 Å². The Balaban J connectivity index is 1.64. The van der Waals surface area contributed by atoms with Gasteiger partial charge in [-0.2, -0.15) is 0 Å². The van der Waals surface area contributed by atoms with E-state index in [9.17, 15) is 19.2 Å². The first-order valence-corrected chi connectivity index (χ1v) is 16.4. The van der Waals surface area contributed by atoms with Gasteiger partial charge in [-0.3, -0.25) is 19.2 Å². The van der Waals surface area contributed by atoms with E-state index in [4.69, 9.17) is 0 Å². The molecule has 0 bridgehead atoms. The minimum atomic E-state index is -0.817. The molecule has 4 rings (SSSR count). The molecule has 0 aliphatic carbocycles. The molecule has 9 heteroatoms. The van der Waals surface area contributed by atoms with Crippen LogP contribution in [0.3, 0.4) is 0 Å². The molecule has 0 aromatic heterocycles. The molecule has 1 saturated heterocycles. The van der Waals surface area contributed by atoms with Crippen molar-refractivity contribution in [2.45, 2.75) is 71.6 Å². The highest BCUT2D eigenvalue weighted by atomic mass is 16.2. The molecular formula is C38H49N5O4. The summed E-state index contributed by atoms with van der Waals surface area (Å²) in [5, 5.41) is 9.05. The van der Waals surface area contributed by atoms with Crippen LogP contribution in [0.15, 0.2) is 84.9 Å². The number of carbonyl (C=O) groups excluding carboxylic acids is 4. The molecule has 47 heavy (non-hydrogen) atoms. The molecule has 1 aliphatic heterocycles. The van der Waals surface area contributed by atoms with Crippen molar-refractivity contribution in [1.29, 1.82) is 0 Å². The predicted octanol–water partition coefficient (Wildman–Crippen LogP) is 4.22. The quantitative estimate of drug-likeness (QED) is 0.275. The summed E-state index contributed by atoms with van der Waals surface area (Å²) in [6, 6.07) is 24.5. The van der Waals surface area contributed by atoms with E-state index in [-0.39, 0.29) is 42.8 Å². The molecule has 3 aromatic carbocycles. The lowest BCUT2D eigenvalue weighted by Crippen LogP contribution is -2.59. The lowest BCUT2D eigenvalue weighted by Gasteiger charge is -2.37. The molecule has 4 atom stereocenters. The van der Waals surface area contributed by atoms with Gasteiger partial charge in [0.25, 0.3) is 11.8 Å². The number of hydrogen-bond donors (Lipinski definition) is 3. The van der Waals surface area contributed by atoms with E-state index in [1.165, 1.54) is 0 Å². The lowest BCUT2D eigenvalue weighted by atomic mass is 9.85. The first-order valence-electron chi connectivity index (χ1n) is 16.4. The van der Waals surface area contributed by atoms with Gasteiger partial charge in [0.1, 0.15) is 6.04 Å². The highest BCUT2D eigenvalue weighted by Crippen LogP contribution is 2.27. The number of nitrogens with one attached hydrogen (secondary N) is 3. The molecule has 4 amide bonds. The minimum Gasteiger partial charge on any atom is -0.347 e. The largest absolute Gasteiger partial charge is 0.347 e. The molecule has 0 saturated carbocycles. The zero-order valence-corrected chi connectivity index (χ0v) is 28.5. The number of benzene rings is 3. The van der Waals surface area contributed by atoms with Crippen LogP contribution in [0.4, 0.5) is 0 Å². The molecule has 1 fully saturated rings. The van der Waals surface area contributed by atoms with Gasteiger partial charge >= 0.3 is 0 Å². The molecule has 1 heterocycles. The average molecular weight is 640 g/mol. The molecule has 0 unspecified atom stereocenters. The van der Waals surface area contributed by atoms with Crippen molar-refractivity contribution in [3.8, 4) is 0 Å². The summed E-state index contributed by atoms with van der Waals surface area (Å²) in [7, 11) is 1.70. The van der Waals surface area contributed by atoms with Crippen molar-refractivity contribution in [2.24, 2.45) is 5.41 Å². The second kappa shape index (κ2) is 15.9. The lowest BCUT2D eigenvalue weighted by molar-refractivity contribution is -0.140. The SMILES string of the molecule is CN[C@@H](C)C(=O)N[C@H](C(=O)N1C[C@@H](NC(=O)c2ccc(C)cc2)C[C@H]1CN(CCc1ccccc1)C(=O)c1ccccc1)C(C)(C)C. The Hall–Kier alpha value is -4.50. The van der Waals surface area contributed by atoms with Crippen LogP contribution in [0.1, 0.15) is 66.0 Å². The normalized spacial score (nSPS) is 17.4. The van der Waals surface area contributed by atoms with Crippen molar-refractivity contribution in [3.05, 3.63) is 107 Å². The van der Waals surface area contributed by atoms with Gasteiger partial charge in [-0.05, 0) is 69.0 Å². The summed E-state index contributed by atoms with van der Waals surface area (Å²) >= 11 is 0. The monoisotopic (exact) mass is 639 g/mol. The van der Waals surface area contributed by atoms with Crippen molar-refractivity contribution >= 4 is 23.6 Å². The zero-order valence-electron chi connectivity index (χ0n) is 28.5. The Bertz CT molecular complexity index is 1500. The maximum atomic E-state index is 14.5. The molecule has 250 valence electrons. The first kappa shape index (κ1) is 35.4. The van der Waals surface area contributed by atoms with Crippen LogP contribution in [0, 0.1) is 12.3 Å². The fourth-order valence-corrected chi connectivity index (χ4v) is 5.85. The predicted molar refractivity (Wildman–Crippen MR) is 185 cm³/mol. The molecule has 9 nitrogen and oxygen atoms in total. The third-order valence-electron chi connectivity index (χ3n) is 8.82. The van der Waals surface area contributed by atoms with Crippen molar-refractivity contribution in [2.75, 3.05) is 26.7 Å². The number of aryl methyl sites for hydroxylation is 1. The number of nitrogens with zero attached hydrogens (tertiary/aromatic N) is 2. The van der Waals surface area contributed by atoms with Crippen LogP contribution < -0.4 is 16.0 Å². The Morgan fingerprint density at radius 1 is 0.894 bits per heavy atom. The van der Waals surface area contributed by atoms with Gasteiger partial charge in [0.05, 0.1) is 12.1 Å². The number of likely N-dealkylation sites (N-methyl/N-ethyl adjacent to an activating group) is 1. The topological polar surface area (TPSA) is 111 Å². The van der Waals surface area contributed by atoms with E-state index >= 15 is 0 Å². The van der Waals surface area contributed by atoms with Crippen LogP contribution in [0.5, 0.6) is 0 Å². The highest BCUT2D eigenvalue weighted by molar-refractivity contribution is 5.95. The molecular weight excluding hydrogens is 590 g/mol. The zero-order chi connectivity index (χ0) is 34.1. The Morgan fingerprint density at radius 2 is 1.51 bits per heavy atom. The Kier molecular flexibility index (Phi) is 11.9. The number of likely N-dealkylation sites (tertiary alicyclic amines) is 1. The Morgan fingerprint density at radius 3 is 2.11 bits per heavy atom. The number of carbonyl (C=O) groups is 4. The molecule has 1 aliphatic rings. The number of rotatable bonds is 12. The maximum absolute atomic E-state index is 14.5. The van der Waals surface area contributed by atoms with Crippen molar-refractivity contribution < 1.29 is 19.2 Å². The van der Waals surface area contributed by atoms with Gasteiger partial charge in [-0.25, -0.2) is 0 Å². The van der Waals surface area contributed by atoms with Crippen molar-refractivity contribution in [1.82, 2.24) is 25.8 Å². The van der Waals surface area contributed by atoms with Gasteiger partial charge in [-0.1, -0.05) is 87.0 Å². The molecule has 0 spiro atoms. The summed E-state index contributed by atoms with van der Waals surface area (Å²) in [6.07, 6.45) is 1.11. The average Bonchev–Trinajstić information content (AvgIpc) is 3.46. The van der Waals surface area contributed by atoms with Gasteiger partial charge in [0.15, 0.2) is 0 Å². The van der Waals surface area contributed by atoms with Crippen LogP contribution >= 0.6 is 0 Å². The standard InChI is InChI=1S/C38H49N5O4/c1-26-17-19-29(20-18-26)35(45)40-31-23-32(43(24-31)37(47)33(38(3,4)5)41-34(44)27(2)39-6)25-42(22-21-28-13-9-7-10-14-28)36(46)30-15-11-8-12-16-30/h7-20,27,31-33,39H,21-25H2,1-6H3,(H,40,45)(H,41,44)/t27-,31-,32-,33+/m0/s1. The van der Waals surface area contributed by atoms with Crippen LogP contribution in [0.2, 0.25) is 0 Å². The number of amides is 4. The fourth-order valence-electron chi connectivity index (χ4n) is 5.85. The second-order valence-electron chi connectivity index (χ2n) is 13.6. The van der Waals surface area contributed by atoms with E-state index in [0.29, 0.717) is 30.5 Å². The van der Waals surface area contributed by atoms with E-state index in [0.717, 1.165) is 11.1 Å². The van der Waals surface area contributed by atoms with Gasteiger partial charge in [0.2, 0.25) is 11.8 Å². The summed E-state index contributed by atoms with van der Waals surface area (Å²) in [5.41, 5.74) is 2.68. The molecule has 0 radical (unpaired) electrons. The summed E-state index contributed by atoms with van der Waals surface area (Å²) < 4.78 is 0. The van der Waals surface area contributed by atoms with Crippen molar-refractivity contribution in [3.63, 3.8) is 0 Å². The van der Waals surface area contributed by atoms with E-state index in [1.807, 2.05) is 93.3 Å². The minimum absolute atomic E-state index is 0.121. The summed E-state index contributed by atoms with van der Waals surface area (Å²) in [6.45, 7) is 10.5.